The van der Waals surface area contributed by atoms with Crippen LogP contribution in [0.2, 0.25) is 0 Å². The minimum absolute atomic E-state index is 0. The van der Waals surface area contributed by atoms with Gasteiger partial charge in [-0.1, -0.05) is 25.1 Å². The smallest absolute Gasteiger partial charge is 0.412 e. The lowest BCUT2D eigenvalue weighted by atomic mass is 9.75. The Morgan fingerprint density at radius 3 is 2.50 bits per heavy atom. The Kier molecular flexibility index (Phi) is 16.9. The van der Waals surface area contributed by atoms with E-state index < -0.39 is 47.5 Å². The van der Waals surface area contributed by atoms with Gasteiger partial charge in [0.2, 0.25) is 6.33 Å². The number of thiazole rings is 1. The lowest BCUT2D eigenvalue weighted by Gasteiger charge is -2.39. The summed E-state index contributed by atoms with van der Waals surface area (Å²) in [4.78, 5) is 35.4. The van der Waals surface area contributed by atoms with Crippen molar-refractivity contribution < 1.29 is 49.9 Å². The maximum atomic E-state index is 15.7. The van der Waals surface area contributed by atoms with E-state index in [4.69, 9.17) is 14.5 Å². The molecular formula is C35H37Cl3F2N8O5S. The number of nitriles is 1. The Balaban J connectivity index is 0.00000336. The van der Waals surface area contributed by atoms with Crippen LogP contribution in [0.1, 0.15) is 60.2 Å². The van der Waals surface area contributed by atoms with Gasteiger partial charge in [0.15, 0.2) is 6.23 Å². The number of hydrogen-bond donors (Lipinski definition) is 3. The number of carbonyl (C=O) groups excluding carboxylic acids is 2. The van der Waals surface area contributed by atoms with E-state index in [0.29, 0.717) is 27.9 Å². The average Bonchev–Trinajstić information content (AvgIpc) is 3.82. The lowest BCUT2D eigenvalue weighted by molar-refractivity contribution is -0.741. The first-order valence-corrected chi connectivity index (χ1v) is 16.6. The monoisotopic (exact) mass is 824 g/mol. The fourth-order valence-electron chi connectivity index (χ4n) is 5.76. The summed E-state index contributed by atoms with van der Waals surface area (Å²) in [6, 6.07) is 14.1. The number of nitrogens with one attached hydrogen (secondary N) is 2. The van der Waals surface area contributed by atoms with Crippen molar-refractivity contribution in [1.29, 1.82) is 5.26 Å². The summed E-state index contributed by atoms with van der Waals surface area (Å²) in [6.45, 7) is 2.67. The minimum Gasteiger partial charge on any atom is -1.00 e. The molecule has 5 rings (SSSR count). The Bertz CT molecular complexity index is 2040. The second-order valence-electron chi connectivity index (χ2n) is 11.8. The fraction of sp³-hybridized carbons (Fsp3) is 0.286. The number of anilines is 1. The molecule has 2 unspecified atom stereocenters. The summed E-state index contributed by atoms with van der Waals surface area (Å²) in [7, 11) is 3.39. The maximum Gasteiger partial charge on any atom is 0.412 e. The molecule has 0 fully saturated rings. The van der Waals surface area contributed by atoms with Crippen molar-refractivity contribution in [3.8, 4) is 17.3 Å². The number of halogens is 5. The van der Waals surface area contributed by atoms with Gasteiger partial charge in [0, 0.05) is 53.1 Å². The van der Waals surface area contributed by atoms with E-state index in [0.717, 1.165) is 11.6 Å². The summed E-state index contributed by atoms with van der Waals surface area (Å²) in [5.74, 6) is -3.13. The number of aliphatic hydroxyl groups is 1. The number of pyridine rings is 1. The van der Waals surface area contributed by atoms with Crippen LogP contribution in [0.3, 0.4) is 0 Å². The molecule has 5 aromatic rings. The molecule has 0 aliphatic carbocycles. The number of esters is 1. The van der Waals surface area contributed by atoms with Crippen molar-refractivity contribution in [3.05, 3.63) is 112 Å². The number of H-pyrrole nitrogens is 1. The number of nitrogens with zero attached hydrogens (tertiary/aromatic N) is 6. The van der Waals surface area contributed by atoms with Crippen LogP contribution in [-0.4, -0.2) is 62.9 Å². The highest BCUT2D eigenvalue weighted by Crippen LogP contribution is 2.46. The molecule has 13 nitrogen and oxygen atoms in total. The number of aromatic amines is 1. The van der Waals surface area contributed by atoms with Gasteiger partial charge in [-0.3, -0.25) is 15.0 Å². The van der Waals surface area contributed by atoms with Gasteiger partial charge in [-0.25, -0.2) is 28.1 Å². The summed E-state index contributed by atoms with van der Waals surface area (Å²) in [6.07, 6.45) is 2.51. The SMILES string of the molecule is CC(=O)OC(c1cccnc1NC(=O)OCCC([n+]1cn[nH]c1)[C@@](O)(c1ccc(F)cc1F)[C@H](C)c1nc(-c2ccc(C#N)cc2)cs1)N(C)C.Cl.Cl.[Cl-]. The third-order valence-corrected chi connectivity index (χ3v) is 9.29. The van der Waals surface area contributed by atoms with Crippen molar-refractivity contribution in [2.45, 2.75) is 44.1 Å². The zero-order valence-electron chi connectivity index (χ0n) is 29.3. The molecule has 0 aliphatic heterocycles. The summed E-state index contributed by atoms with van der Waals surface area (Å²) in [5.41, 5.74) is -0.0857. The highest BCUT2D eigenvalue weighted by atomic mass is 35.5. The molecule has 3 heterocycles. The summed E-state index contributed by atoms with van der Waals surface area (Å²) < 4.78 is 42.3. The maximum absolute atomic E-state index is 15.7. The number of aromatic nitrogens is 5. The van der Waals surface area contributed by atoms with Crippen LogP contribution >= 0.6 is 36.2 Å². The zero-order valence-corrected chi connectivity index (χ0v) is 32.5. The highest BCUT2D eigenvalue weighted by Gasteiger charge is 2.49. The van der Waals surface area contributed by atoms with E-state index in [1.165, 1.54) is 47.7 Å². The third kappa shape index (κ3) is 10.3. The first-order valence-electron chi connectivity index (χ1n) is 15.7. The predicted octanol–water partition coefficient (Wildman–Crippen LogP) is 3.21. The largest absolute Gasteiger partial charge is 1.00 e. The third-order valence-electron chi connectivity index (χ3n) is 8.26. The van der Waals surface area contributed by atoms with Gasteiger partial charge in [-0.05, 0) is 44.4 Å². The van der Waals surface area contributed by atoms with Gasteiger partial charge < -0.3 is 27.0 Å². The van der Waals surface area contributed by atoms with Crippen LogP contribution in [0, 0.1) is 23.0 Å². The van der Waals surface area contributed by atoms with Crippen molar-refractivity contribution in [2.24, 2.45) is 0 Å². The molecule has 19 heteroatoms. The molecule has 288 valence electrons. The Hall–Kier alpha value is -4.76. The molecule has 3 aromatic heterocycles. The van der Waals surface area contributed by atoms with Crippen LogP contribution in [-0.2, 0) is 19.9 Å². The predicted molar refractivity (Wildman–Crippen MR) is 195 cm³/mol. The number of carbonyl (C=O) groups is 2. The van der Waals surface area contributed by atoms with Gasteiger partial charge in [0.05, 0.1) is 34.5 Å². The minimum atomic E-state index is -2.09. The molecule has 0 bridgehead atoms. The molecule has 4 atom stereocenters. The molecular weight excluding hydrogens is 789 g/mol. The van der Waals surface area contributed by atoms with Gasteiger partial charge in [0.25, 0.3) is 6.33 Å². The van der Waals surface area contributed by atoms with Crippen molar-refractivity contribution >= 4 is 54.0 Å². The first-order chi connectivity index (χ1) is 24.4. The fourth-order valence-corrected chi connectivity index (χ4v) is 6.72. The van der Waals surface area contributed by atoms with Gasteiger partial charge >= 0.3 is 12.1 Å². The number of rotatable bonds is 13. The average molecular weight is 826 g/mol. The number of benzene rings is 2. The van der Waals surface area contributed by atoms with E-state index in [1.54, 1.807) is 67.7 Å². The number of amides is 1. The molecule has 3 N–H and O–H groups in total. The van der Waals surface area contributed by atoms with Gasteiger partial charge in [-0.2, -0.15) is 5.26 Å². The second-order valence-corrected chi connectivity index (χ2v) is 12.7. The lowest BCUT2D eigenvalue weighted by Crippen LogP contribution is -3.00. The molecule has 0 aliphatic rings. The van der Waals surface area contributed by atoms with Crippen molar-refractivity contribution in [1.82, 2.24) is 25.1 Å². The summed E-state index contributed by atoms with van der Waals surface area (Å²) >= 11 is 1.24. The Morgan fingerprint density at radius 2 is 1.89 bits per heavy atom. The van der Waals surface area contributed by atoms with E-state index in [-0.39, 0.29) is 61.6 Å². The van der Waals surface area contributed by atoms with E-state index in [1.807, 2.05) is 0 Å². The standard InChI is InChI=1S/C35H34F2N8O5S.3ClH/c1-21(32-42-29(18-51-32)24-9-7-23(17-38)8-10-24)35(48,27-12-11-25(36)16-28(27)37)30(45-19-40-41-20-45)13-15-49-34(47)43-31-26(6-5-14-39-31)33(44(3)4)50-22(2)46;;;/h5-12,14,16,18-21,30,33,48H,13,15H2,1-4H3,(H,39,43,47);3*1H/t21-,30?,33?,35+;;;/m1.../s1. The molecule has 54 heavy (non-hydrogen) atoms. The van der Waals surface area contributed by atoms with E-state index >= 15 is 4.39 Å². The second kappa shape index (κ2) is 20.1. The van der Waals surface area contributed by atoms with Crippen molar-refractivity contribution in [2.75, 3.05) is 26.0 Å². The van der Waals surface area contributed by atoms with Crippen LogP contribution in [0.15, 0.2) is 78.8 Å². The molecule has 0 radical (unpaired) electrons. The first kappa shape index (κ1) is 45.4. The van der Waals surface area contributed by atoms with E-state index in [9.17, 15) is 24.3 Å². The quantitative estimate of drug-likeness (QED) is 0.0911. The number of ether oxygens (including phenoxy) is 2. The van der Waals surface area contributed by atoms with Crippen LogP contribution in [0.25, 0.3) is 11.3 Å². The number of hydrogen-bond acceptors (Lipinski definition) is 11. The molecule has 0 saturated heterocycles. The van der Waals surface area contributed by atoms with Crippen LogP contribution in [0.4, 0.5) is 19.4 Å². The highest BCUT2D eigenvalue weighted by molar-refractivity contribution is 7.10. The normalized spacial score (nSPS) is 13.4. The van der Waals surface area contributed by atoms with Crippen LogP contribution in [0.5, 0.6) is 0 Å². The molecule has 0 saturated carbocycles. The zero-order chi connectivity index (χ0) is 36.7. The Morgan fingerprint density at radius 1 is 1.17 bits per heavy atom. The van der Waals surface area contributed by atoms with Gasteiger partial charge in [0.1, 0.15) is 29.1 Å². The molecule has 2 aromatic carbocycles. The Labute approximate surface area is 332 Å². The van der Waals surface area contributed by atoms with Crippen molar-refractivity contribution in [3.63, 3.8) is 0 Å². The summed E-state index contributed by atoms with van der Waals surface area (Å²) in [5, 5.41) is 33.4. The molecule has 1 amide bonds. The van der Waals surface area contributed by atoms with Gasteiger partial charge in [-0.15, -0.1) is 41.2 Å². The molecule has 0 spiro atoms. The topological polar surface area (TPSA) is 170 Å². The van der Waals surface area contributed by atoms with Crippen LogP contribution < -0.4 is 22.3 Å². The van der Waals surface area contributed by atoms with E-state index in [2.05, 4.69) is 26.6 Å².